The molecule has 3 aliphatic rings. The topological polar surface area (TPSA) is 18.5 Å². The standard InChI is InChI=1S/C13H22O2/c1-11(2)4-5-13(14-6-7-15-13)12(3)9-10(12)8-11/h10H,4-9H2,1-3H3/t10?,12-/m1/s1. The van der Waals surface area contributed by atoms with Crippen molar-refractivity contribution < 1.29 is 9.47 Å². The van der Waals surface area contributed by atoms with Crippen LogP contribution in [0.2, 0.25) is 0 Å². The molecule has 2 atom stereocenters. The third-order valence-corrected chi connectivity index (χ3v) is 4.97. The van der Waals surface area contributed by atoms with Crippen molar-refractivity contribution in [3.63, 3.8) is 0 Å². The van der Waals surface area contributed by atoms with Crippen LogP contribution in [0, 0.1) is 16.7 Å². The highest BCUT2D eigenvalue weighted by Crippen LogP contribution is 2.68. The molecule has 0 radical (unpaired) electrons. The van der Waals surface area contributed by atoms with E-state index in [0.29, 0.717) is 10.8 Å². The smallest absolute Gasteiger partial charge is 0.174 e. The molecule has 1 unspecified atom stereocenters. The van der Waals surface area contributed by atoms with Crippen molar-refractivity contribution in [1.29, 1.82) is 0 Å². The van der Waals surface area contributed by atoms with Crippen molar-refractivity contribution in [2.45, 2.75) is 52.2 Å². The molecule has 15 heavy (non-hydrogen) atoms. The summed E-state index contributed by atoms with van der Waals surface area (Å²) in [5, 5.41) is 0. The fourth-order valence-corrected chi connectivity index (χ4v) is 3.70. The molecule has 86 valence electrons. The molecular weight excluding hydrogens is 188 g/mol. The van der Waals surface area contributed by atoms with Crippen LogP contribution < -0.4 is 0 Å². The van der Waals surface area contributed by atoms with E-state index in [1.165, 1.54) is 19.3 Å². The molecule has 1 saturated heterocycles. The van der Waals surface area contributed by atoms with Crippen LogP contribution in [-0.4, -0.2) is 19.0 Å². The second kappa shape index (κ2) is 2.78. The highest BCUT2D eigenvalue weighted by molar-refractivity contribution is 5.12. The van der Waals surface area contributed by atoms with Crippen LogP contribution in [0.3, 0.4) is 0 Å². The molecular formula is C13H22O2. The summed E-state index contributed by atoms with van der Waals surface area (Å²) in [5.74, 6) is 0.610. The second-order valence-electron chi connectivity index (χ2n) is 6.64. The summed E-state index contributed by atoms with van der Waals surface area (Å²) in [6, 6.07) is 0. The Hall–Kier alpha value is -0.0800. The zero-order valence-electron chi connectivity index (χ0n) is 10.1. The van der Waals surface area contributed by atoms with Gasteiger partial charge in [0, 0.05) is 11.8 Å². The zero-order valence-corrected chi connectivity index (χ0v) is 10.1. The summed E-state index contributed by atoms with van der Waals surface area (Å²) in [6.07, 6.45) is 4.97. The first kappa shape index (κ1) is 10.1. The molecule has 3 rings (SSSR count). The third kappa shape index (κ3) is 1.31. The van der Waals surface area contributed by atoms with Crippen LogP contribution in [-0.2, 0) is 9.47 Å². The van der Waals surface area contributed by atoms with Crippen molar-refractivity contribution in [3.8, 4) is 0 Å². The molecule has 0 aromatic carbocycles. The lowest BCUT2D eigenvalue weighted by Gasteiger charge is -2.34. The molecule has 1 spiro atoms. The van der Waals surface area contributed by atoms with E-state index in [-0.39, 0.29) is 5.79 Å². The largest absolute Gasteiger partial charge is 0.347 e. The molecule has 1 aliphatic heterocycles. The third-order valence-electron chi connectivity index (χ3n) is 4.97. The molecule has 2 nitrogen and oxygen atoms in total. The summed E-state index contributed by atoms with van der Waals surface area (Å²) < 4.78 is 12.0. The number of ether oxygens (including phenoxy) is 2. The van der Waals surface area contributed by atoms with Gasteiger partial charge in [-0.15, -0.1) is 0 Å². The van der Waals surface area contributed by atoms with E-state index in [4.69, 9.17) is 9.47 Å². The first-order valence-corrected chi connectivity index (χ1v) is 6.25. The van der Waals surface area contributed by atoms with Gasteiger partial charge >= 0.3 is 0 Å². The van der Waals surface area contributed by atoms with Crippen LogP contribution >= 0.6 is 0 Å². The van der Waals surface area contributed by atoms with E-state index < -0.39 is 0 Å². The van der Waals surface area contributed by atoms with E-state index in [0.717, 1.165) is 25.6 Å². The summed E-state index contributed by atoms with van der Waals surface area (Å²) in [7, 11) is 0. The quantitative estimate of drug-likeness (QED) is 0.612. The minimum Gasteiger partial charge on any atom is -0.347 e. The fourth-order valence-electron chi connectivity index (χ4n) is 3.70. The Balaban J connectivity index is 1.90. The number of hydrogen-bond donors (Lipinski definition) is 0. The lowest BCUT2D eigenvalue weighted by molar-refractivity contribution is -0.209. The predicted octanol–water partition coefficient (Wildman–Crippen LogP) is 2.97. The molecule has 1 heterocycles. The van der Waals surface area contributed by atoms with Gasteiger partial charge in [0.25, 0.3) is 0 Å². The molecule has 2 heteroatoms. The normalized spacial score (nSPS) is 46.2. The maximum Gasteiger partial charge on any atom is 0.174 e. The average molecular weight is 210 g/mol. The Morgan fingerprint density at radius 2 is 1.60 bits per heavy atom. The average Bonchev–Trinajstić information content (AvgIpc) is 2.68. The second-order valence-corrected chi connectivity index (χ2v) is 6.64. The molecule has 0 aromatic heterocycles. The van der Waals surface area contributed by atoms with Gasteiger partial charge in [-0.2, -0.15) is 0 Å². The molecule has 0 bridgehead atoms. The first-order valence-electron chi connectivity index (χ1n) is 6.25. The van der Waals surface area contributed by atoms with Gasteiger partial charge in [-0.05, 0) is 30.6 Å². The number of rotatable bonds is 0. The summed E-state index contributed by atoms with van der Waals surface area (Å²) in [5.41, 5.74) is 0.790. The molecule has 3 fully saturated rings. The van der Waals surface area contributed by atoms with Crippen molar-refractivity contribution in [1.82, 2.24) is 0 Å². The lowest BCUT2D eigenvalue weighted by Crippen LogP contribution is -2.40. The van der Waals surface area contributed by atoms with Crippen LogP contribution in [0.5, 0.6) is 0 Å². The summed E-state index contributed by atoms with van der Waals surface area (Å²) in [4.78, 5) is 0. The molecule has 2 aliphatic carbocycles. The van der Waals surface area contributed by atoms with Crippen molar-refractivity contribution in [2.24, 2.45) is 16.7 Å². The van der Waals surface area contributed by atoms with Gasteiger partial charge in [-0.1, -0.05) is 20.8 Å². The fraction of sp³-hybridized carbons (Fsp3) is 1.00. The first-order chi connectivity index (χ1) is 6.98. The SMILES string of the molecule is CC1(C)CCC2(OCCO2)[C@]2(C)CC2C1. The van der Waals surface area contributed by atoms with Crippen molar-refractivity contribution in [3.05, 3.63) is 0 Å². The van der Waals surface area contributed by atoms with Crippen LogP contribution in [0.15, 0.2) is 0 Å². The maximum absolute atomic E-state index is 5.99. The van der Waals surface area contributed by atoms with Gasteiger partial charge in [-0.3, -0.25) is 0 Å². The molecule has 2 saturated carbocycles. The number of hydrogen-bond acceptors (Lipinski definition) is 2. The minimum atomic E-state index is -0.217. The van der Waals surface area contributed by atoms with Crippen molar-refractivity contribution >= 4 is 0 Å². The maximum atomic E-state index is 5.99. The summed E-state index contributed by atoms with van der Waals surface area (Å²) >= 11 is 0. The van der Waals surface area contributed by atoms with E-state index in [1.807, 2.05) is 0 Å². The van der Waals surface area contributed by atoms with Crippen LogP contribution in [0.25, 0.3) is 0 Å². The Labute approximate surface area is 92.3 Å². The Bertz CT molecular complexity index is 278. The van der Waals surface area contributed by atoms with Crippen LogP contribution in [0.4, 0.5) is 0 Å². The van der Waals surface area contributed by atoms with Gasteiger partial charge in [0.05, 0.1) is 13.2 Å². The van der Waals surface area contributed by atoms with E-state index in [2.05, 4.69) is 20.8 Å². The van der Waals surface area contributed by atoms with Gasteiger partial charge in [0.15, 0.2) is 5.79 Å². The predicted molar refractivity (Wildman–Crippen MR) is 58.5 cm³/mol. The van der Waals surface area contributed by atoms with Gasteiger partial charge < -0.3 is 9.47 Å². The zero-order chi connectivity index (χ0) is 10.7. The molecule has 0 amide bonds. The Morgan fingerprint density at radius 3 is 2.27 bits per heavy atom. The molecule has 0 N–H and O–H groups in total. The Kier molecular flexibility index (Phi) is 1.87. The number of fused-ring (bicyclic) bond motifs is 2. The summed E-state index contributed by atoms with van der Waals surface area (Å²) in [6.45, 7) is 8.73. The van der Waals surface area contributed by atoms with Gasteiger partial charge in [0.2, 0.25) is 0 Å². The lowest BCUT2D eigenvalue weighted by atomic mass is 9.83. The van der Waals surface area contributed by atoms with Crippen molar-refractivity contribution in [2.75, 3.05) is 13.2 Å². The Morgan fingerprint density at radius 1 is 0.933 bits per heavy atom. The van der Waals surface area contributed by atoms with E-state index >= 15 is 0 Å². The molecule has 0 aromatic rings. The van der Waals surface area contributed by atoms with E-state index in [9.17, 15) is 0 Å². The minimum absolute atomic E-state index is 0.217. The van der Waals surface area contributed by atoms with E-state index in [1.54, 1.807) is 0 Å². The van der Waals surface area contributed by atoms with Gasteiger partial charge in [0.1, 0.15) is 0 Å². The van der Waals surface area contributed by atoms with Crippen LogP contribution in [0.1, 0.15) is 46.5 Å². The van der Waals surface area contributed by atoms with Gasteiger partial charge in [-0.25, -0.2) is 0 Å². The monoisotopic (exact) mass is 210 g/mol. The highest BCUT2D eigenvalue weighted by Gasteiger charge is 2.68. The highest BCUT2D eigenvalue weighted by atomic mass is 16.7.